The molecule has 6 rings (SSSR count). The SMILES string of the molecule is Cn1c(-c2cc3ccccc3n2Cc2ccccc2)nc2cc(C(=O)N3CCCC(NC(=O)OC(C)(C)C)C3)ccc21. The Hall–Kier alpha value is -4.59. The van der Waals surface area contributed by atoms with E-state index in [0.717, 1.165) is 52.8 Å². The van der Waals surface area contributed by atoms with Gasteiger partial charge in [0.15, 0.2) is 5.82 Å². The molecular formula is C34H37N5O3. The Morgan fingerprint density at radius 3 is 2.52 bits per heavy atom. The fraction of sp³-hybridized carbons (Fsp3) is 0.324. The van der Waals surface area contributed by atoms with Gasteiger partial charge in [-0.2, -0.15) is 0 Å². The predicted octanol–water partition coefficient (Wildman–Crippen LogP) is 6.37. The zero-order chi connectivity index (χ0) is 29.4. The van der Waals surface area contributed by atoms with E-state index in [1.54, 1.807) is 0 Å². The minimum atomic E-state index is -0.568. The van der Waals surface area contributed by atoms with Crippen LogP contribution in [0.3, 0.4) is 0 Å². The van der Waals surface area contributed by atoms with Crippen LogP contribution in [0.5, 0.6) is 0 Å². The molecule has 3 aromatic carbocycles. The van der Waals surface area contributed by atoms with Crippen molar-refractivity contribution in [2.45, 2.75) is 51.8 Å². The summed E-state index contributed by atoms with van der Waals surface area (Å²) < 4.78 is 9.82. The molecule has 0 bridgehead atoms. The van der Waals surface area contributed by atoms with Gasteiger partial charge >= 0.3 is 6.09 Å². The Labute approximate surface area is 245 Å². The molecule has 3 heterocycles. The van der Waals surface area contributed by atoms with Gasteiger partial charge in [-0.1, -0.05) is 48.5 Å². The summed E-state index contributed by atoms with van der Waals surface area (Å²) in [6, 6.07) is 26.6. The minimum Gasteiger partial charge on any atom is -0.444 e. The zero-order valence-corrected chi connectivity index (χ0v) is 24.6. The Bertz CT molecular complexity index is 1760. The molecule has 8 nitrogen and oxygen atoms in total. The third kappa shape index (κ3) is 5.62. The molecule has 1 aliphatic rings. The molecule has 0 spiro atoms. The van der Waals surface area contributed by atoms with Crippen LogP contribution >= 0.6 is 0 Å². The Morgan fingerprint density at radius 2 is 1.74 bits per heavy atom. The third-order valence-corrected chi connectivity index (χ3v) is 7.78. The van der Waals surface area contributed by atoms with Crippen LogP contribution in [0.15, 0.2) is 78.9 Å². The van der Waals surface area contributed by atoms with Crippen LogP contribution in [0.25, 0.3) is 33.5 Å². The summed E-state index contributed by atoms with van der Waals surface area (Å²) in [6.07, 6.45) is 1.17. The molecular weight excluding hydrogens is 526 g/mol. The van der Waals surface area contributed by atoms with Crippen molar-refractivity contribution < 1.29 is 14.3 Å². The standard InChI is InChI=1S/C34H37N5O3/c1-34(2,3)42-33(41)35-26-14-10-18-38(22-26)32(40)25-16-17-29-27(19-25)36-31(37(29)4)30-20-24-13-8-9-15-28(24)39(30)21-23-11-6-5-7-12-23/h5-9,11-13,15-17,19-20,26H,10,14,18,21-22H2,1-4H3,(H,35,41). The van der Waals surface area contributed by atoms with E-state index < -0.39 is 11.7 Å². The van der Waals surface area contributed by atoms with Gasteiger partial charge in [0.05, 0.1) is 16.7 Å². The molecule has 5 aromatic rings. The lowest BCUT2D eigenvalue weighted by atomic mass is 10.0. The normalized spacial score (nSPS) is 15.7. The molecule has 1 saturated heterocycles. The number of hydrogen-bond acceptors (Lipinski definition) is 4. The average molecular weight is 564 g/mol. The van der Waals surface area contributed by atoms with Gasteiger partial charge in [-0.05, 0) is 69.5 Å². The van der Waals surface area contributed by atoms with Crippen LogP contribution in [-0.2, 0) is 18.3 Å². The van der Waals surface area contributed by atoms with E-state index >= 15 is 0 Å². The van der Waals surface area contributed by atoms with Crippen molar-refractivity contribution in [3.8, 4) is 11.5 Å². The number of piperidine rings is 1. The number of carbonyl (C=O) groups excluding carboxylic acids is 2. The Kier molecular flexibility index (Phi) is 7.22. The maximum absolute atomic E-state index is 13.6. The van der Waals surface area contributed by atoms with Crippen LogP contribution in [0.1, 0.15) is 49.5 Å². The van der Waals surface area contributed by atoms with E-state index in [1.807, 2.05) is 57.0 Å². The lowest BCUT2D eigenvalue weighted by Crippen LogP contribution is -2.50. The van der Waals surface area contributed by atoms with E-state index in [0.29, 0.717) is 18.7 Å². The first kappa shape index (κ1) is 27.6. The molecule has 1 fully saturated rings. The van der Waals surface area contributed by atoms with Crippen molar-refractivity contribution in [3.63, 3.8) is 0 Å². The third-order valence-electron chi connectivity index (χ3n) is 7.78. The van der Waals surface area contributed by atoms with Crippen molar-refractivity contribution >= 4 is 33.9 Å². The van der Waals surface area contributed by atoms with E-state index in [1.165, 1.54) is 5.56 Å². The van der Waals surface area contributed by atoms with E-state index in [2.05, 4.69) is 69.0 Å². The maximum Gasteiger partial charge on any atom is 0.407 e. The van der Waals surface area contributed by atoms with Crippen molar-refractivity contribution in [3.05, 3.63) is 90.0 Å². The number of imidazole rings is 1. The maximum atomic E-state index is 13.6. The van der Waals surface area contributed by atoms with Gasteiger partial charge in [-0.15, -0.1) is 0 Å². The molecule has 0 aliphatic carbocycles. The highest BCUT2D eigenvalue weighted by molar-refractivity contribution is 5.98. The second-order valence-corrected chi connectivity index (χ2v) is 12.1. The zero-order valence-electron chi connectivity index (χ0n) is 24.6. The van der Waals surface area contributed by atoms with Crippen molar-refractivity contribution in [1.29, 1.82) is 0 Å². The largest absolute Gasteiger partial charge is 0.444 e. The number of aromatic nitrogens is 3. The van der Waals surface area contributed by atoms with Gasteiger partial charge in [-0.25, -0.2) is 9.78 Å². The van der Waals surface area contributed by atoms with Gasteiger partial charge in [0.25, 0.3) is 5.91 Å². The number of nitrogens with one attached hydrogen (secondary N) is 1. The number of fused-ring (bicyclic) bond motifs is 2. The lowest BCUT2D eigenvalue weighted by molar-refractivity contribution is 0.0452. The molecule has 0 saturated carbocycles. The van der Waals surface area contributed by atoms with Gasteiger partial charge < -0.3 is 24.1 Å². The average Bonchev–Trinajstić information content (AvgIpc) is 3.49. The van der Waals surface area contributed by atoms with E-state index in [4.69, 9.17) is 9.72 Å². The first-order valence-electron chi connectivity index (χ1n) is 14.5. The number of ether oxygens (including phenoxy) is 1. The first-order valence-corrected chi connectivity index (χ1v) is 14.5. The summed E-state index contributed by atoms with van der Waals surface area (Å²) in [7, 11) is 2.02. The number of hydrogen-bond donors (Lipinski definition) is 1. The summed E-state index contributed by atoms with van der Waals surface area (Å²) >= 11 is 0. The number of alkyl carbamates (subject to hydrolysis) is 1. The van der Waals surface area contributed by atoms with Crippen molar-refractivity contribution in [1.82, 2.24) is 24.3 Å². The first-order chi connectivity index (χ1) is 20.2. The number of rotatable bonds is 5. The second kappa shape index (κ2) is 11.0. The van der Waals surface area contributed by atoms with Crippen molar-refractivity contribution in [2.75, 3.05) is 13.1 Å². The number of nitrogens with zero attached hydrogens (tertiary/aromatic N) is 4. The molecule has 216 valence electrons. The quantitative estimate of drug-likeness (QED) is 0.269. The molecule has 2 amide bonds. The second-order valence-electron chi connectivity index (χ2n) is 12.1. The predicted molar refractivity (Wildman–Crippen MR) is 165 cm³/mol. The summed E-state index contributed by atoms with van der Waals surface area (Å²) in [5, 5.41) is 4.09. The molecule has 42 heavy (non-hydrogen) atoms. The molecule has 1 N–H and O–H groups in total. The number of amides is 2. The summed E-state index contributed by atoms with van der Waals surface area (Å²) in [5.41, 5.74) is 5.15. The van der Waals surface area contributed by atoms with Crippen LogP contribution in [-0.4, -0.2) is 55.8 Å². The summed E-state index contributed by atoms with van der Waals surface area (Å²) in [5.74, 6) is 0.791. The topological polar surface area (TPSA) is 81.4 Å². The van der Waals surface area contributed by atoms with Gasteiger partial charge in [-0.3, -0.25) is 4.79 Å². The Morgan fingerprint density at radius 1 is 0.976 bits per heavy atom. The summed E-state index contributed by atoms with van der Waals surface area (Å²) in [4.78, 5) is 32.8. The molecule has 0 radical (unpaired) electrons. The minimum absolute atomic E-state index is 0.0574. The fourth-order valence-corrected chi connectivity index (χ4v) is 5.83. The van der Waals surface area contributed by atoms with Crippen LogP contribution < -0.4 is 5.32 Å². The van der Waals surface area contributed by atoms with E-state index in [9.17, 15) is 9.59 Å². The van der Waals surface area contributed by atoms with Crippen LogP contribution in [0.2, 0.25) is 0 Å². The van der Waals surface area contributed by atoms with Crippen LogP contribution in [0.4, 0.5) is 4.79 Å². The van der Waals surface area contributed by atoms with Crippen LogP contribution in [0, 0.1) is 0 Å². The number of para-hydroxylation sites is 1. The smallest absolute Gasteiger partial charge is 0.407 e. The molecule has 1 unspecified atom stereocenters. The number of benzene rings is 3. The number of carbonyl (C=O) groups is 2. The monoisotopic (exact) mass is 563 g/mol. The highest BCUT2D eigenvalue weighted by atomic mass is 16.6. The molecule has 1 atom stereocenters. The van der Waals surface area contributed by atoms with Crippen molar-refractivity contribution in [2.24, 2.45) is 7.05 Å². The molecule has 1 aliphatic heterocycles. The molecule has 2 aromatic heterocycles. The lowest BCUT2D eigenvalue weighted by Gasteiger charge is -2.33. The highest BCUT2D eigenvalue weighted by Crippen LogP contribution is 2.31. The number of aryl methyl sites for hydroxylation is 1. The van der Waals surface area contributed by atoms with E-state index in [-0.39, 0.29) is 11.9 Å². The fourth-order valence-electron chi connectivity index (χ4n) is 5.83. The molecule has 8 heteroatoms. The summed E-state index contributed by atoms with van der Waals surface area (Å²) in [6.45, 7) is 7.34. The Balaban J connectivity index is 1.28. The van der Waals surface area contributed by atoms with Gasteiger partial charge in [0.2, 0.25) is 0 Å². The van der Waals surface area contributed by atoms with Gasteiger partial charge in [0.1, 0.15) is 5.60 Å². The van der Waals surface area contributed by atoms with Gasteiger partial charge in [0, 0.05) is 49.2 Å². The highest BCUT2D eigenvalue weighted by Gasteiger charge is 2.28. The number of likely N-dealkylation sites (tertiary alicyclic amines) is 1.